The molecule has 4 aliphatic rings. The van der Waals surface area contributed by atoms with E-state index in [4.69, 9.17) is 15.5 Å². The van der Waals surface area contributed by atoms with E-state index in [1.807, 2.05) is 0 Å². The molecule has 4 aliphatic heterocycles. The molecule has 0 fully saturated rings. The lowest BCUT2D eigenvalue weighted by atomic mass is 9.84. The summed E-state index contributed by atoms with van der Waals surface area (Å²) in [4.78, 5) is 32.1. The van der Waals surface area contributed by atoms with Gasteiger partial charge in [-0.2, -0.15) is 0 Å². The summed E-state index contributed by atoms with van der Waals surface area (Å²) in [6, 6.07) is 6.33. The number of hydrogen-bond donors (Lipinski definition) is 2. The number of aryl methyl sites for hydroxylation is 1. The van der Waals surface area contributed by atoms with Gasteiger partial charge in [-0.3, -0.25) is 14.5 Å². The molecule has 0 radical (unpaired) electrons. The molecule has 0 aromatic heterocycles. The maximum atomic E-state index is 12.9. The van der Waals surface area contributed by atoms with Gasteiger partial charge in [-0.25, -0.2) is 4.99 Å². The van der Waals surface area contributed by atoms with Crippen LogP contribution in [0.4, 0.5) is 0 Å². The molecule has 1 aromatic rings. The first-order valence-corrected chi connectivity index (χ1v) is 12.5. The lowest BCUT2D eigenvalue weighted by Gasteiger charge is -2.38. The van der Waals surface area contributed by atoms with E-state index < -0.39 is 0 Å². The van der Waals surface area contributed by atoms with Crippen molar-refractivity contribution in [2.45, 2.75) is 102 Å². The average Bonchev–Trinajstić information content (AvgIpc) is 2.74. The van der Waals surface area contributed by atoms with E-state index in [-0.39, 0.29) is 29.0 Å². The van der Waals surface area contributed by atoms with E-state index in [1.165, 1.54) is 5.56 Å². The molecule has 0 spiro atoms. The molecule has 5 rings (SSSR count). The fourth-order valence-electron chi connectivity index (χ4n) is 5.41. The molecule has 1 unspecified atom stereocenters. The fraction of sp³-hybridized carbons (Fsp3) is 0.654. The molecule has 7 heteroatoms. The molecular formula is C26H38N4O3. The van der Waals surface area contributed by atoms with Crippen molar-refractivity contribution in [3.63, 3.8) is 0 Å². The van der Waals surface area contributed by atoms with Crippen molar-refractivity contribution in [3.05, 3.63) is 29.3 Å². The van der Waals surface area contributed by atoms with Crippen LogP contribution in [0, 0.1) is 0 Å². The van der Waals surface area contributed by atoms with Crippen LogP contribution in [0.1, 0.15) is 95.7 Å². The predicted molar refractivity (Wildman–Crippen MR) is 129 cm³/mol. The topological polar surface area (TPSA) is 97.0 Å². The van der Waals surface area contributed by atoms with Crippen molar-refractivity contribution >= 4 is 17.8 Å². The van der Waals surface area contributed by atoms with Crippen LogP contribution in [0.3, 0.4) is 0 Å². The molecule has 2 atom stereocenters. The Hall–Kier alpha value is -2.57. The van der Waals surface area contributed by atoms with Crippen molar-refractivity contribution in [1.29, 1.82) is 0 Å². The van der Waals surface area contributed by atoms with Crippen LogP contribution in [0.25, 0.3) is 0 Å². The SMILES string of the molecule is CC[C@@]12CCCCc3ccc4c(c3)C(CC(C)(C)O4)NC(=O)CCCCN(C(=O)C1)C(N)=N2. The highest BCUT2D eigenvalue weighted by Crippen LogP contribution is 2.40. The van der Waals surface area contributed by atoms with Gasteiger partial charge in [0.1, 0.15) is 11.4 Å². The van der Waals surface area contributed by atoms with Gasteiger partial charge >= 0.3 is 0 Å². The summed E-state index contributed by atoms with van der Waals surface area (Å²) >= 11 is 0. The van der Waals surface area contributed by atoms with E-state index in [1.54, 1.807) is 4.90 Å². The van der Waals surface area contributed by atoms with E-state index in [0.29, 0.717) is 38.2 Å². The number of carbonyl (C=O) groups is 2. The van der Waals surface area contributed by atoms with Crippen LogP contribution in [-0.4, -0.2) is 40.4 Å². The number of benzene rings is 1. The number of amides is 2. The summed E-state index contributed by atoms with van der Waals surface area (Å²) in [6.07, 6.45) is 7.60. The Balaban J connectivity index is 1.58. The van der Waals surface area contributed by atoms with Crippen LogP contribution in [-0.2, 0) is 16.0 Å². The number of fused-ring (bicyclic) bond motifs is 9. The standard InChI is InChI=1S/C26H38N4O3/c1-4-26-13-7-5-9-18-11-12-21-19(15-18)20(16-25(2,3)33-21)28-22(31)10-6-8-14-30(23(32)17-26)24(27)29-26/h11-12,15,20H,4-10,13-14,16-17H2,1-3H3,(H2,27,29)(H,28,31)/t20?,26-/m1/s1. The quantitative estimate of drug-likeness (QED) is 0.670. The fourth-order valence-corrected chi connectivity index (χ4v) is 5.41. The molecule has 7 nitrogen and oxygen atoms in total. The van der Waals surface area contributed by atoms with Gasteiger partial charge in [0.2, 0.25) is 11.8 Å². The number of hydrogen-bond acceptors (Lipinski definition) is 5. The number of nitrogens with one attached hydrogen (secondary N) is 1. The van der Waals surface area contributed by atoms with Crippen molar-refractivity contribution in [1.82, 2.24) is 10.2 Å². The highest BCUT2D eigenvalue weighted by Gasteiger charge is 2.38. The Labute approximate surface area is 197 Å². The molecule has 0 aliphatic carbocycles. The molecule has 3 N–H and O–H groups in total. The molecule has 4 bridgehead atoms. The Bertz CT molecular complexity index is 941. The Morgan fingerprint density at radius 1 is 1.18 bits per heavy atom. The zero-order valence-corrected chi connectivity index (χ0v) is 20.3. The van der Waals surface area contributed by atoms with Crippen LogP contribution in [0.2, 0.25) is 0 Å². The van der Waals surface area contributed by atoms with Crippen LogP contribution in [0.5, 0.6) is 5.75 Å². The van der Waals surface area contributed by atoms with Crippen LogP contribution in [0.15, 0.2) is 23.2 Å². The summed E-state index contributed by atoms with van der Waals surface area (Å²) in [5.41, 5.74) is 7.85. The van der Waals surface area contributed by atoms with Gasteiger partial charge < -0.3 is 15.8 Å². The molecule has 0 saturated heterocycles. The zero-order chi connectivity index (χ0) is 23.6. The van der Waals surface area contributed by atoms with Gasteiger partial charge in [0.05, 0.1) is 18.0 Å². The first-order valence-electron chi connectivity index (χ1n) is 12.5. The minimum atomic E-state index is -0.386. The third-order valence-electron chi connectivity index (χ3n) is 7.33. The van der Waals surface area contributed by atoms with Crippen molar-refractivity contribution in [2.75, 3.05) is 6.54 Å². The number of aliphatic imine (C=N–C) groups is 1. The van der Waals surface area contributed by atoms with Gasteiger partial charge in [-0.15, -0.1) is 0 Å². The smallest absolute Gasteiger partial charge is 0.231 e. The number of guanidine groups is 1. The summed E-state index contributed by atoms with van der Waals surface area (Å²) in [7, 11) is 0. The minimum Gasteiger partial charge on any atom is -0.487 e. The number of nitrogens with zero attached hydrogens (tertiary/aromatic N) is 2. The second-order valence-corrected chi connectivity index (χ2v) is 10.5. The lowest BCUT2D eigenvalue weighted by molar-refractivity contribution is -0.129. The van der Waals surface area contributed by atoms with Crippen molar-refractivity contribution in [3.8, 4) is 5.75 Å². The van der Waals surface area contributed by atoms with Gasteiger partial charge in [0.25, 0.3) is 0 Å². The van der Waals surface area contributed by atoms with Gasteiger partial charge in [-0.05, 0) is 64.0 Å². The highest BCUT2D eigenvalue weighted by molar-refractivity contribution is 5.99. The minimum absolute atomic E-state index is 0.0341. The molecule has 4 heterocycles. The predicted octanol–water partition coefficient (Wildman–Crippen LogP) is 4.00. The monoisotopic (exact) mass is 454 g/mol. The average molecular weight is 455 g/mol. The number of nitrogens with two attached hydrogens (primary N) is 1. The molecule has 180 valence electrons. The summed E-state index contributed by atoms with van der Waals surface area (Å²) in [6.45, 7) is 6.74. The second-order valence-electron chi connectivity index (χ2n) is 10.5. The molecule has 2 amide bonds. The molecule has 33 heavy (non-hydrogen) atoms. The maximum Gasteiger partial charge on any atom is 0.231 e. The lowest BCUT2D eigenvalue weighted by Crippen LogP contribution is -2.51. The van der Waals surface area contributed by atoms with E-state index in [2.05, 4.69) is 44.3 Å². The Morgan fingerprint density at radius 3 is 2.73 bits per heavy atom. The van der Waals surface area contributed by atoms with Crippen LogP contribution < -0.4 is 15.8 Å². The van der Waals surface area contributed by atoms with E-state index in [0.717, 1.165) is 49.8 Å². The van der Waals surface area contributed by atoms with Gasteiger partial charge in [0, 0.05) is 24.9 Å². The zero-order valence-electron chi connectivity index (χ0n) is 20.3. The van der Waals surface area contributed by atoms with E-state index in [9.17, 15) is 9.59 Å². The Morgan fingerprint density at radius 2 is 1.97 bits per heavy atom. The summed E-state index contributed by atoms with van der Waals surface area (Å²) < 4.78 is 6.22. The first kappa shape index (κ1) is 23.6. The first-order chi connectivity index (χ1) is 15.7. The Kier molecular flexibility index (Phi) is 6.68. The third-order valence-corrected chi connectivity index (χ3v) is 7.33. The third kappa shape index (κ3) is 5.33. The van der Waals surface area contributed by atoms with Crippen molar-refractivity contribution < 1.29 is 14.3 Å². The number of carbonyl (C=O) groups excluding carboxylic acids is 2. The van der Waals surface area contributed by atoms with E-state index >= 15 is 0 Å². The van der Waals surface area contributed by atoms with Gasteiger partial charge in [0.15, 0.2) is 5.96 Å². The molecule has 0 saturated carbocycles. The largest absolute Gasteiger partial charge is 0.487 e. The van der Waals surface area contributed by atoms with Gasteiger partial charge in [-0.1, -0.05) is 25.5 Å². The summed E-state index contributed by atoms with van der Waals surface area (Å²) in [5, 5.41) is 3.24. The number of ether oxygens (including phenoxy) is 1. The normalized spacial score (nSPS) is 28.3. The number of rotatable bonds is 1. The molecule has 1 aromatic carbocycles. The van der Waals surface area contributed by atoms with Crippen LogP contribution >= 0.6 is 0 Å². The second kappa shape index (κ2) is 9.35. The molecular weight excluding hydrogens is 416 g/mol. The van der Waals surface area contributed by atoms with Crippen molar-refractivity contribution in [2.24, 2.45) is 10.7 Å². The highest BCUT2D eigenvalue weighted by atomic mass is 16.5. The maximum absolute atomic E-state index is 12.9. The summed E-state index contributed by atoms with van der Waals surface area (Å²) in [5.74, 6) is 1.29.